The molecule has 0 unspecified atom stereocenters. The molecule has 0 aromatic heterocycles. The number of rotatable bonds is 0. The molecule has 1 heteroatoms. The number of hydrogen-bond donors (Lipinski definition) is 0. The van der Waals surface area contributed by atoms with E-state index in [-0.39, 0.29) is 0 Å². The van der Waals surface area contributed by atoms with Gasteiger partial charge in [-0.25, -0.2) is 0 Å². The average Bonchev–Trinajstić information content (AvgIpc) is 2.36. The summed E-state index contributed by atoms with van der Waals surface area (Å²) in [4.78, 5) is 0. The minimum Gasteiger partial charge on any atom is -0.0837 e. The van der Waals surface area contributed by atoms with Crippen LogP contribution in [0.3, 0.4) is 0 Å². The van der Waals surface area contributed by atoms with Crippen LogP contribution in [0.15, 0.2) is 42.5 Å². The Balaban J connectivity index is 2.69. The second kappa shape index (κ2) is 3.75. The van der Waals surface area contributed by atoms with Crippen LogP contribution < -0.4 is 0 Å². The van der Waals surface area contributed by atoms with Gasteiger partial charge in [0.25, 0.3) is 0 Å². The molecular formula is C16H13Cl. The van der Waals surface area contributed by atoms with E-state index < -0.39 is 0 Å². The van der Waals surface area contributed by atoms with E-state index in [0.29, 0.717) is 0 Å². The zero-order valence-electron chi connectivity index (χ0n) is 9.92. The third-order valence-electron chi connectivity index (χ3n) is 3.53. The lowest BCUT2D eigenvalue weighted by Gasteiger charge is -2.12. The highest BCUT2D eigenvalue weighted by molar-refractivity contribution is 6.36. The molecule has 0 aliphatic rings. The Hall–Kier alpha value is -1.53. The molecule has 0 nitrogen and oxygen atoms in total. The van der Waals surface area contributed by atoms with Gasteiger partial charge < -0.3 is 0 Å². The van der Waals surface area contributed by atoms with Gasteiger partial charge in [-0.1, -0.05) is 48.0 Å². The fraction of sp³-hybridized carbons (Fsp3) is 0.125. The molecule has 0 bridgehead atoms. The lowest BCUT2D eigenvalue weighted by molar-refractivity contribution is 1.52. The van der Waals surface area contributed by atoms with E-state index in [1.807, 2.05) is 12.1 Å². The van der Waals surface area contributed by atoms with Crippen molar-refractivity contribution >= 4 is 33.1 Å². The summed E-state index contributed by atoms with van der Waals surface area (Å²) in [7, 11) is 0. The first-order chi connectivity index (χ1) is 8.20. The van der Waals surface area contributed by atoms with Crippen molar-refractivity contribution in [1.82, 2.24) is 0 Å². The van der Waals surface area contributed by atoms with Crippen molar-refractivity contribution in [3.63, 3.8) is 0 Å². The van der Waals surface area contributed by atoms with Crippen LogP contribution in [0.2, 0.25) is 5.02 Å². The van der Waals surface area contributed by atoms with Gasteiger partial charge in [-0.2, -0.15) is 0 Å². The van der Waals surface area contributed by atoms with Gasteiger partial charge in [0, 0.05) is 10.4 Å². The molecule has 0 spiro atoms. The van der Waals surface area contributed by atoms with Crippen LogP contribution in [0.4, 0.5) is 0 Å². The lowest BCUT2D eigenvalue weighted by Crippen LogP contribution is -1.88. The van der Waals surface area contributed by atoms with Crippen LogP contribution in [0.25, 0.3) is 21.5 Å². The number of halogens is 1. The number of benzene rings is 3. The van der Waals surface area contributed by atoms with Crippen LogP contribution in [0.1, 0.15) is 11.1 Å². The molecule has 84 valence electrons. The van der Waals surface area contributed by atoms with E-state index in [2.05, 4.69) is 44.2 Å². The molecule has 3 rings (SSSR count). The minimum absolute atomic E-state index is 0.842. The maximum Gasteiger partial charge on any atom is 0.0487 e. The Morgan fingerprint density at radius 3 is 2.00 bits per heavy atom. The first-order valence-corrected chi connectivity index (χ1v) is 6.14. The minimum atomic E-state index is 0.842. The maximum absolute atomic E-state index is 6.33. The Morgan fingerprint density at radius 1 is 0.706 bits per heavy atom. The van der Waals surface area contributed by atoms with E-state index in [4.69, 9.17) is 11.6 Å². The fourth-order valence-electron chi connectivity index (χ4n) is 2.63. The summed E-state index contributed by atoms with van der Waals surface area (Å²) in [5.41, 5.74) is 2.58. The molecule has 0 heterocycles. The van der Waals surface area contributed by atoms with Crippen molar-refractivity contribution in [3.8, 4) is 0 Å². The predicted octanol–water partition coefficient (Wildman–Crippen LogP) is 5.26. The summed E-state index contributed by atoms with van der Waals surface area (Å²) in [6.07, 6.45) is 0. The van der Waals surface area contributed by atoms with Crippen molar-refractivity contribution in [1.29, 1.82) is 0 Å². The zero-order valence-corrected chi connectivity index (χ0v) is 10.7. The van der Waals surface area contributed by atoms with E-state index in [0.717, 1.165) is 5.02 Å². The largest absolute Gasteiger partial charge is 0.0837 e. The van der Waals surface area contributed by atoms with Gasteiger partial charge in [0.05, 0.1) is 0 Å². The van der Waals surface area contributed by atoms with Gasteiger partial charge in [-0.05, 0) is 47.2 Å². The van der Waals surface area contributed by atoms with Crippen molar-refractivity contribution < 1.29 is 0 Å². The molecule has 0 amide bonds. The van der Waals surface area contributed by atoms with Crippen LogP contribution in [-0.2, 0) is 0 Å². The van der Waals surface area contributed by atoms with Gasteiger partial charge in [0.2, 0.25) is 0 Å². The normalized spacial score (nSPS) is 11.2. The Morgan fingerprint density at radius 2 is 1.29 bits per heavy atom. The predicted molar refractivity (Wildman–Crippen MR) is 75.9 cm³/mol. The second-order valence-electron chi connectivity index (χ2n) is 4.46. The summed E-state index contributed by atoms with van der Waals surface area (Å²) in [5, 5.41) is 5.90. The number of aryl methyl sites for hydroxylation is 2. The Labute approximate surface area is 106 Å². The van der Waals surface area contributed by atoms with E-state index in [1.54, 1.807) is 0 Å². The molecule has 0 aliphatic carbocycles. The van der Waals surface area contributed by atoms with Crippen LogP contribution >= 0.6 is 11.6 Å². The Bertz CT molecular complexity index is 726. The van der Waals surface area contributed by atoms with E-state index >= 15 is 0 Å². The summed E-state index contributed by atoms with van der Waals surface area (Å²) < 4.78 is 0. The molecule has 0 radical (unpaired) electrons. The molecule has 0 aliphatic heterocycles. The topological polar surface area (TPSA) is 0 Å². The Kier molecular flexibility index (Phi) is 2.34. The molecule has 0 saturated carbocycles. The molecule has 0 atom stereocenters. The molecule has 3 aromatic rings. The monoisotopic (exact) mass is 240 g/mol. The quantitative estimate of drug-likeness (QED) is 0.470. The summed E-state index contributed by atoms with van der Waals surface area (Å²) in [6.45, 7) is 4.32. The zero-order chi connectivity index (χ0) is 12.0. The highest BCUT2D eigenvalue weighted by atomic mass is 35.5. The number of fused-ring (bicyclic) bond motifs is 2. The second-order valence-corrected chi connectivity index (χ2v) is 4.87. The molecule has 0 fully saturated rings. The van der Waals surface area contributed by atoms with Gasteiger partial charge in [0.1, 0.15) is 0 Å². The first-order valence-electron chi connectivity index (χ1n) is 5.76. The van der Waals surface area contributed by atoms with Crippen molar-refractivity contribution in [3.05, 3.63) is 58.6 Å². The molecule has 0 saturated heterocycles. The van der Waals surface area contributed by atoms with Gasteiger partial charge >= 0.3 is 0 Å². The first kappa shape index (κ1) is 10.6. The summed E-state index contributed by atoms with van der Waals surface area (Å²) in [6, 6.07) is 14.6. The molecule has 17 heavy (non-hydrogen) atoms. The van der Waals surface area contributed by atoms with Crippen molar-refractivity contribution in [2.24, 2.45) is 0 Å². The highest BCUT2D eigenvalue weighted by Crippen LogP contribution is 2.35. The smallest absolute Gasteiger partial charge is 0.0487 e. The van der Waals surface area contributed by atoms with E-state index in [1.165, 1.54) is 32.7 Å². The summed E-state index contributed by atoms with van der Waals surface area (Å²) in [5.74, 6) is 0. The van der Waals surface area contributed by atoms with Crippen LogP contribution in [0.5, 0.6) is 0 Å². The number of hydrogen-bond acceptors (Lipinski definition) is 0. The molecular weight excluding hydrogens is 228 g/mol. The standard InChI is InChI=1S/C16H13Cl/c1-10-12-6-3-4-7-13(12)11(2)16-14(10)8-5-9-15(16)17/h3-9H,1-2H3. The van der Waals surface area contributed by atoms with Crippen LogP contribution in [0, 0.1) is 13.8 Å². The lowest BCUT2D eigenvalue weighted by atomic mass is 9.93. The van der Waals surface area contributed by atoms with E-state index in [9.17, 15) is 0 Å². The van der Waals surface area contributed by atoms with Crippen LogP contribution in [-0.4, -0.2) is 0 Å². The molecule has 3 aromatic carbocycles. The summed E-state index contributed by atoms with van der Waals surface area (Å²) >= 11 is 6.33. The third kappa shape index (κ3) is 1.44. The maximum atomic E-state index is 6.33. The average molecular weight is 241 g/mol. The fourth-order valence-corrected chi connectivity index (χ4v) is 2.95. The molecule has 0 N–H and O–H groups in total. The third-order valence-corrected chi connectivity index (χ3v) is 3.84. The highest BCUT2D eigenvalue weighted by Gasteiger charge is 2.09. The van der Waals surface area contributed by atoms with Crippen molar-refractivity contribution in [2.45, 2.75) is 13.8 Å². The van der Waals surface area contributed by atoms with Gasteiger partial charge in [-0.15, -0.1) is 0 Å². The van der Waals surface area contributed by atoms with Crippen molar-refractivity contribution in [2.75, 3.05) is 0 Å². The SMILES string of the molecule is Cc1c2ccccc2c(C)c2c(Cl)cccc12. The van der Waals surface area contributed by atoms with Gasteiger partial charge in [-0.3, -0.25) is 0 Å². The van der Waals surface area contributed by atoms with Gasteiger partial charge in [0.15, 0.2) is 0 Å².